The maximum Gasteiger partial charge on any atom is 0.329 e. The molecule has 146 valence electrons. The smallest absolute Gasteiger partial charge is 0.329 e. The topological polar surface area (TPSA) is 91.4 Å². The number of benzene rings is 2. The average Bonchev–Trinajstić information content (AvgIpc) is 3.14. The summed E-state index contributed by atoms with van der Waals surface area (Å²) in [6.07, 6.45) is 3.08. The van der Waals surface area contributed by atoms with E-state index in [0.717, 1.165) is 22.0 Å². The normalized spacial score (nSPS) is 11.9. The molecule has 0 aliphatic heterocycles. The minimum absolute atomic E-state index is 0.0880. The van der Waals surface area contributed by atoms with Gasteiger partial charge in [-0.25, -0.2) is 4.79 Å². The summed E-state index contributed by atoms with van der Waals surface area (Å²) in [7, 11) is 0. The number of nitrogens with one attached hydrogen (secondary N) is 2. The van der Waals surface area contributed by atoms with Crippen LogP contribution in [0.2, 0.25) is 0 Å². The summed E-state index contributed by atoms with van der Waals surface area (Å²) in [5.74, 6) is -0.759. The second kappa shape index (κ2) is 9.71. The van der Waals surface area contributed by atoms with Gasteiger partial charge in [0.2, 0.25) is 5.91 Å². The van der Waals surface area contributed by atoms with E-state index in [0.29, 0.717) is 12.8 Å². The van der Waals surface area contributed by atoms with Crippen molar-refractivity contribution in [2.24, 2.45) is 0 Å². The minimum Gasteiger partial charge on any atom is -0.462 e. The SMILES string of the molecule is O=C(CCc1c[nH]c2ccccc12)NC(Cc1ccccc1)C(=O)OCCO. The van der Waals surface area contributed by atoms with Crippen LogP contribution < -0.4 is 5.32 Å². The minimum atomic E-state index is -0.788. The molecule has 28 heavy (non-hydrogen) atoms. The van der Waals surface area contributed by atoms with E-state index < -0.39 is 12.0 Å². The third kappa shape index (κ3) is 5.20. The van der Waals surface area contributed by atoms with Crippen molar-refractivity contribution in [2.75, 3.05) is 13.2 Å². The highest BCUT2D eigenvalue weighted by Crippen LogP contribution is 2.19. The molecule has 0 bridgehead atoms. The Kier molecular flexibility index (Phi) is 6.81. The molecule has 0 saturated heterocycles. The van der Waals surface area contributed by atoms with Crippen LogP contribution >= 0.6 is 0 Å². The second-order valence-corrected chi connectivity index (χ2v) is 6.56. The number of aromatic amines is 1. The molecule has 6 nitrogen and oxygen atoms in total. The van der Waals surface area contributed by atoms with Gasteiger partial charge in [0.15, 0.2) is 0 Å². The lowest BCUT2D eigenvalue weighted by Crippen LogP contribution is -2.43. The van der Waals surface area contributed by atoms with Gasteiger partial charge >= 0.3 is 5.97 Å². The molecule has 3 rings (SSSR count). The molecule has 2 aromatic carbocycles. The van der Waals surface area contributed by atoms with Crippen molar-refractivity contribution >= 4 is 22.8 Å². The Morgan fingerprint density at radius 2 is 1.82 bits per heavy atom. The molecule has 6 heteroatoms. The van der Waals surface area contributed by atoms with Crippen LogP contribution in [0.5, 0.6) is 0 Å². The number of esters is 1. The van der Waals surface area contributed by atoms with Gasteiger partial charge in [0.05, 0.1) is 6.61 Å². The van der Waals surface area contributed by atoms with Gasteiger partial charge in [-0.15, -0.1) is 0 Å². The van der Waals surface area contributed by atoms with Gasteiger partial charge in [-0.2, -0.15) is 0 Å². The Bertz CT molecular complexity index is 920. The van der Waals surface area contributed by atoms with Gasteiger partial charge in [0.1, 0.15) is 12.6 Å². The van der Waals surface area contributed by atoms with E-state index in [-0.39, 0.29) is 25.5 Å². The number of fused-ring (bicyclic) bond motifs is 1. The summed E-state index contributed by atoms with van der Waals surface area (Å²) in [4.78, 5) is 28.0. The fourth-order valence-electron chi connectivity index (χ4n) is 3.14. The summed E-state index contributed by atoms with van der Waals surface area (Å²) < 4.78 is 5.03. The van der Waals surface area contributed by atoms with Gasteiger partial charge in [0, 0.05) is 29.9 Å². The largest absolute Gasteiger partial charge is 0.462 e. The highest BCUT2D eigenvalue weighted by atomic mass is 16.5. The van der Waals surface area contributed by atoms with Gasteiger partial charge in [-0.05, 0) is 23.6 Å². The number of carbonyl (C=O) groups excluding carboxylic acids is 2. The molecule has 1 unspecified atom stereocenters. The molecule has 3 N–H and O–H groups in total. The number of aliphatic hydroxyl groups excluding tert-OH is 1. The molecule has 1 heterocycles. The van der Waals surface area contributed by atoms with Gasteiger partial charge < -0.3 is 20.1 Å². The van der Waals surface area contributed by atoms with Crippen LogP contribution in [0, 0.1) is 0 Å². The van der Waals surface area contributed by atoms with Gasteiger partial charge in [0.25, 0.3) is 0 Å². The molecule has 1 aromatic heterocycles. The van der Waals surface area contributed by atoms with E-state index in [2.05, 4.69) is 10.3 Å². The number of amides is 1. The molecule has 1 amide bonds. The van der Waals surface area contributed by atoms with Gasteiger partial charge in [-0.3, -0.25) is 4.79 Å². The number of hydrogen-bond acceptors (Lipinski definition) is 4. The Morgan fingerprint density at radius 1 is 1.07 bits per heavy atom. The van der Waals surface area contributed by atoms with E-state index >= 15 is 0 Å². The zero-order chi connectivity index (χ0) is 19.8. The van der Waals surface area contributed by atoms with E-state index in [1.165, 1.54) is 0 Å². The molecule has 0 aliphatic rings. The van der Waals surface area contributed by atoms with E-state index in [1.54, 1.807) is 0 Å². The summed E-state index contributed by atoms with van der Waals surface area (Å²) >= 11 is 0. The maximum atomic E-state index is 12.5. The first kappa shape index (κ1) is 19.6. The van der Waals surface area contributed by atoms with Crippen molar-refractivity contribution in [1.29, 1.82) is 0 Å². The third-order valence-corrected chi connectivity index (χ3v) is 4.53. The second-order valence-electron chi connectivity index (χ2n) is 6.56. The molecule has 1 atom stereocenters. The van der Waals surface area contributed by atoms with Crippen LogP contribution in [-0.4, -0.2) is 41.2 Å². The predicted molar refractivity (Wildman–Crippen MR) is 107 cm³/mol. The first-order valence-corrected chi connectivity index (χ1v) is 9.33. The summed E-state index contributed by atoms with van der Waals surface area (Å²) in [5.41, 5.74) is 3.02. The predicted octanol–water partition coefficient (Wildman–Crippen LogP) is 2.36. The Morgan fingerprint density at radius 3 is 2.61 bits per heavy atom. The van der Waals surface area contributed by atoms with Crippen molar-refractivity contribution in [1.82, 2.24) is 10.3 Å². The van der Waals surface area contributed by atoms with Crippen molar-refractivity contribution in [3.8, 4) is 0 Å². The Balaban J connectivity index is 1.62. The number of rotatable bonds is 9. The number of para-hydroxylation sites is 1. The van der Waals surface area contributed by atoms with Crippen molar-refractivity contribution in [3.63, 3.8) is 0 Å². The summed E-state index contributed by atoms with van der Waals surface area (Å²) in [6, 6.07) is 16.6. The van der Waals surface area contributed by atoms with E-state index in [9.17, 15) is 9.59 Å². The molecule has 3 aromatic rings. The van der Waals surface area contributed by atoms with Crippen molar-refractivity contribution in [2.45, 2.75) is 25.3 Å². The molecule has 0 spiro atoms. The summed E-state index contributed by atoms with van der Waals surface area (Å²) in [5, 5.41) is 12.8. The lowest BCUT2D eigenvalue weighted by atomic mass is 10.0. The van der Waals surface area contributed by atoms with Crippen molar-refractivity contribution in [3.05, 3.63) is 71.9 Å². The molecular formula is C22H24N2O4. The molecule has 0 aliphatic carbocycles. The molecule has 0 fully saturated rings. The number of aromatic nitrogens is 1. The first-order chi connectivity index (χ1) is 13.7. The number of carbonyl (C=O) groups is 2. The van der Waals surface area contributed by atoms with Crippen molar-refractivity contribution < 1.29 is 19.4 Å². The third-order valence-electron chi connectivity index (χ3n) is 4.53. The quantitative estimate of drug-likeness (QED) is 0.497. The molecule has 0 radical (unpaired) electrons. The number of H-pyrrole nitrogens is 1. The lowest BCUT2D eigenvalue weighted by Gasteiger charge is -2.17. The fraction of sp³-hybridized carbons (Fsp3) is 0.273. The average molecular weight is 380 g/mol. The summed E-state index contributed by atoms with van der Waals surface area (Å²) in [6.45, 7) is -0.340. The molecule has 0 saturated carbocycles. The Labute approximate surface area is 163 Å². The number of ether oxygens (including phenoxy) is 1. The fourth-order valence-corrected chi connectivity index (χ4v) is 3.14. The standard InChI is InChI=1S/C22H24N2O4/c25-12-13-28-22(27)20(14-16-6-2-1-3-7-16)24-21(26)11-10-17-15-23-19-9-5-4-8-18(17)19/h1-9,15,20,23,25H,10-14H2,(H,24,26). The zero-order valence-corrected chi connectivity index (χ0v) is 15.6. The van der Waals surface area contributed by atoms with Crippen LogP contribution in [0.25, 0.3) is 10.9 Å². The number of hydrogen-bond donors (Lipinski definition) is 3. The number of aryl methyl sites for hydroxylation is 1. The Hall–Kier alpha value is -3.12. The van der Waals surface area contributed by atoms with Crippen LogP contribution in [0.3, 0.4) is 0 Å². The molecular weight excluding hydrogens is 356 g/mol. The van der Waals surface area contributed by atoms with Crippen LogP contribution in [0.4, 0.5) is 0 Å². The monoisotopic (exact) mass is 380 g/mol. The lowest BCUT2D eigenvalue weighted by molar-refractivity contribution is -0.148. The zero-order valence-electron chi connectivity index (χ0n) is 15.6. The number of aliphatic hydroxyl groups is 1. The highest BCUT2D eigenvalue weighted by molar-refractivity contribution is 5.86. The van der Waals surface area contributed by atoms with Gasteiger partial charge in [-0.1, -0.05) is 48.5 Å². The van der Waals surface area contributed by atoms with E-state index in [4.69, 9.17) is 9.84 Å². The maximum absolute atomic E-state index is 12.5. The van der Waals surface area contributed by atoms with Crippen LogP contribution in [0.1, 0.15) is 17.5 Å². The van der Waals surface area contributed by atoms with Crippen LogP contribution in [0.15, 0.2) is 60.8 Å². The first-order valence-electron chi connectivity index (χ1n) is 9.33. The highest BCUT2D eigenvalue weighted by Gasteiger charge is 2.22. The van der Waals surface area contributed by atoms with E-state index in [1.807, 2.05) is 60.8 Å². The van der Waals surface area contributed by atoms with Crippen LogP contribution in [-0.2, 0) is 27.2 Å².